The number of nitrogens with zero attached hydrogens (tertiary/aromatic N) is 2. The normalized spacial score (nSPS) is 21.2. The van der Waals surface area contributed by atoms with Crippen molar-refractivity contribution >= 4 is 23.6 Å². The Bertz CT molecular complexity index is 829. The van der Waals surface area contributed by atoms with Gasteiger partial charge in [-0.25, -0.2) is 4.79 Å². The molecule has 0 radical (unpaired) electrons. The highest BCUT2D eigenvalue weighted by molar-refractivity contribution is 5.98. The van der Waals surface area contributed by atoms with E-state index in [-0.39, 0.29) is 23.8 Å². The molecular weight excluding hydrogens is 410 g/mol. The molecule has 0 aliphatic carbocycles. The number of ether oxygens (including phenoxy) is 2. The summed E-state index contributed by atoms with van der Waals surface area (Å²) in [5.74, 6) is -0.0502. The SMILES string of the molecule is CN(CC1CCCN(C(=O)c2cccc(NC(=O)C3CCCO3)c2)C1)C(=O)OC(C)(C)C. The lowest BCUT2D eigenvalue weighted by atomic mass is 9.97. The molecule has 176 valence electrons. The van der Waals surface area contributed by atoms with Crippen molar-refractivity contribution in [3.8, 4) is 0 Å². The second kappa shape index (κ2) is 10.3. The number of hydrogen-bond acceptors (Lipinski definition) is 5. The topological polar surface area (TPSA) is 88.2 Å². The van der Waals surface area contributed by atoms with Crippen LogP contribution in [0.5, 0.6) is 0 Å². The van der Waals surface area contributed by atoms with Crippen molar-refractivity contribution in [1.29, 1.82) is 0 Å². The van der Waals surface area contributed by atoms with Crippen molar-refractivity contribution in [2.45, 2.75) is 58.2 Å². The minimum Gasteiger partial charge on any atom is -0.444 e. The minimum absolute atomic E-state index is 0.0668. The van der Waals surface area contributed by atoms with Crippen LogP contribution in [0.4, 0.5) is 10.5 Å². The van der Waals surface area contributed by atoms with Gasteiger partial charge in [-0.15, -0.1) is 0 Å². The first-order valence-electron chi connectivity index (χ1n) is 11.4. The molecule has 1 aromatic rings. The first-order valence-corrected chi connectivity index (χ1v) is 11.4. The molecule has 2 atom stereocenters. The van der Waals surface area contributed by atoms with E-state index in [4.69, 9.17) is 9.47 Å². The third-order valence-corrected chi connectivity index (χ3v) is 5.64. The van der Waals surface area contributed by atoms with Crippen LogP contribution < -0.4 is 5.32 Å². The first kappa shape index (κ1) is 24.0. The molecule has 3 rings (SSSR count). The summed E-state index contributed by atoms with van der Waals surface area (Å²) >= 11 is 0. The van der Waals surface area contributed by atoms with Gasteiger partial charge in [0.05, 0.1) is 0 Å². The Kier molecular flexibility index (Phi) is 7.77. The zero-order valence-corrected chi connectivity index (χ0v) is 19.6. The third kappa shape index (κ3) is 6.69. The summed E-state index contributed by atoms with van der Waals surface area (Å²) in [5, 5.41) is 2.86. The van der Waals surface area contributed by atoms with Gasteiger partial charge in [0.15, 0.2) is 0 Å². The van der Waals surface area contributed by atoms with Gasteiger partial charge < -0.3 is 24.6 Å². The third-order valence-electron chi connectivity index (χ3n) is 5.64. The molecule has 32 heavy (non-hydrogen) atoms. The summed E-state index contributed by atoms with van der Waals surface area (Å²) in [6, 6.07) is 7.03. The van der Waals surface area contributed by atoms with Crippen molar-refractivity contribution in [3.63, 3.8) is 0 Å². The number of rotatable bonds is 5. The molecular formula is C24H35N3O5. The summed E-state index contributed by atoms with van der Waals surface area (Å²) in [4.78, 5) is 41.1. The van der Waals surface area contributed by atoms with Gasteiger partial charge in [-0.2, -0.15) is 0 Å². The molecule has 1 aromatic carbocycles. The summed E-state index contributed by atoms with van der Waals surface area (Å²) in [7, 11) is 1.73. The smallest absolute Gasteiger partial charge is 0.410 e. The van der Waals surface area contributed by atoms with Crippen molar-refractivity contribution < 1.29 is 23.9 Å². The van der Waals surface area contributed by atoms with Gasteiger partial charge in [0.25, 0.3) is 11.8 Å². The lowest BCUT2D eigenvalue weighted by molar-refractivity contribution is -0.124. The molecule has 8 heteroatoms. The van der Waals surface area contributed by atoms with E-state index in [1.807, 2.05) is 25.7 Å². The van der Waals surface area contributed by atoms with E-state index in [0.29, 0.717) is 37.5 Å². The fraction of sp³-hybridized carbons (Fsp3) is 0.625. The van der Waals surface area contributed by atoms with Gasteiger partial charge in [0.2, 0.25) is 0 Å². The van der Waals surface area contributed by atoms with E-state index >= 15 is 0 Å². The summed E-state index contributed by atoms with van der Waals surface area (Å²) in [6.07, 6.45) is 2.67. The van der Waals surface area contributed by atoms with Crippen molar-refractivity contribution in [3.05, 3.63) is 29.8 Å². The van der Waals surface area contributed by atoms with E-state index in [1.54, 1.807) is 36.2 Å². The molecule has 0 saturated carbocycles. The Balaban J connectivity index is 1.57. The van der Waals surface area contributed by atoms with Gasteiger partial charge in [0.1, 0.15) is 11.7 Å². The van der Waals surface area contributed by atoms with Gasteiger partial charge in [0, 0.05) is 44.5 Å². The molecule has 3 amide bonds. The average Bonchev–Trinajstić information content (AvgIpc) is 3.27. The van der Waals surface area contributed by atoms with Crippen LogP contribution in [0.3, 0.4) is 0 Å². The van der Waals surface area contributed by atoms with Crippen LogP contribution in [0.15, 0.2) is 24.3 Å². The molecule has 2 unspecified atom stereocenters. The van der Waals surface area contributed by atoms with Gasteiger partial charge >= 0.3 is 6.09 Å². The van der Waals surface area contributed by atoms with Crippen LogP contribution in [0.1, 0.15) is 56.8 Å². The van der Waals surface area contributed by atoms with Gasteiger partial charge in [-0.05, 0) is 70.6 Å². The van der Waals surface area contributed by atoms with Crippen molar-refractivity contribution in [2.24, 2.45) is 5.92 Å². The summed E-state index contributed by atoms with van der Waals surface area (Å²) in [5.41, 5.74) is 0.593. The van der Waals surface area contributed by atoms with E-state index < -0.39 is 11.7 Å². The van der Waals surface area contributed by atoms with E-state index in [2.05, 4.69) is 5.32 Å². The zero-order chi connectivity index (χ0) is 23.3. The standard InChI is InChI=1S/C24H35N3O5/c1-24(2,3)32-23(30)26(4)15-17-8-6-12-27(16-17)22(29)18-9-5-10-19(14-18)25-21(28)20-11-7-13-31-20/h5,9-10,14,17,20H,6-8,11-13,15-16H2,1-4H3,(H,25,28). The van der Waals surface area contributed by atoms with Crippen molar-refractivity contribution in [2.75, 3.05) is 38.6 Å². The van der Waals surface area contributed by atoms with Crippen LogP contribution in [-0.2, 0) is 14.3 Å². The molecule has 2 fully saturated rings. The fourth-order valence-corrected chi connectivity index (χ4v) is 4.12. The molecule has 8 nitrogen and oxygen atoms in total. The quantitative estimate of drug-likeness (QED) is 0.749. The highest BCUT2D eigenvalue weighted by Gasteiger charge is 2.28. The fourth-order valence-electron chi connectivity index (χ4n) is 4.12. The summed E-state index contributed by atoms with van der Waals surface area (Å²) in [6.45, 7) is 7.94. The Hall–Kier alpha value is -2.61. The van der Waals surface area contributed by atoms with Crippen LogP contribution in [0.2, 0.25) is 0 Å². The molecule has 1 N–H and O–H groups in total. The molecule has 2 heterocycles. The summed E-state index contributed by atoms with van der Waals surface area (Å²) < 4.78 is 10.9. The highest BCUT2D eigenvalue weighted by Crippen LogP contribution is 2.22. The van der Waals surface area contributed by atoms with E-state index in [9.17, 15) is 14.4 Å². The molecule has 2 saturated heterocycles. The molecule has 0 spiro atoms. The number of nitrogens with one attached hydrogen (secondary N) is 1. The number of piperidine rings is 1. The Morgan fingerprint density at radius 2 is 2.00 bits per heavy atom. The van der Waals surface area contributed by atoms with Gasteiger partial charge in [-0.3, -0.25) is 9.59 Å². The molecule has 2 aliphatic rings. The van der Waals surface area contributed by atoms with E-state index in [0.717, 1.165) is 25.7 Å². The predicted molar refractivity (Wildman–Crippen MR) is 122 cm³/mol. The second-order valence-corrected chi connectivity index (χ2v) is 9.69. The number of carbonyl (C=O) groups excluding carboxylic acids is 3. The number of anilines is 1. The van der Waals surface area contributed by atoms with Crippen LogP contribution >= 0.6 is 0 Å². The average molecular weight is 446 g/mol. The Morgan fingerprint density at radius 3 is 2.69 bits per heavy atom. The van der Waals surface area contributed by atoms with Crippen molar-refractivity contribution in [1.82, 2.24) is 9.80 Å². The number of benzene rings is 1. The number of hydrogen-bond donors (Lipinski definition) is 1. The van der Waals surface area contributed by atoms with E-state index in [1.165, 1.54) is 0 Å². The lowest BCUT2D eigenvalue weighted by Gasteiger charge is -2.35. The number of amides is 3. The minimum atomic E-state index is -0.537. The molecule has 0 bridgehead atoms. The Morgan fingerprint density at radius 1 is 1.22 bits per heavy atom. The molecule has 2 aliphatic heterocycles. The van der Waals surface area contributed by atoms with Crippen LogP contribution in [0, 0.1) is 5.92 Å². The maximum atomic E-state index is 13.1. The maximum Gasteiger partial charge on any atom is 0.410 e. The first-order chi connectivity index (χ1) is 15.1. The second-order valence-electron chi connectivity index (χ2n) is 9.69. The Labute approximate surface area is 190 Å². The van der Waals surface area contributed by atoms with Crippen LogP contribution in [-0.4, -0.2) is 72.7 Å². The zero-order valence-electron chi connectivity index (χ0n) is 19.6. The van der Waals surface area contributed by atoms with Crippen LogP contribution in [0.25, 0.3) is 0 Å². The molecule has 0 aromatic heterocycles. The highest BCUT2D eigenvalue weighted by atomic mass is 16.6. The number of carbonyl (C=O) groups is 3. The lowest BCUT2D eigenvalue weighted by Crippen LogP contribution is -2.45. The van der Waals surface area contributed by atoms with Gasteiger partial charge in [-0.1, -0.05) is 6.07 Å². The predicted octanol–water partition coefficient (Wildman–Crippen LogP) is 3.52. The number of likely N-dealkylation sites (tertiary alicyclic amines) is 1. The largest absolute Gasteiger partial charge is 0.444 e. The monoisotopic (exact) mass is 445 g/mol. The maximum absolute atomic E-state index is 13.1.